The maximum absolute atomic E-state index is 6.09. The molecule has 2 saturated heterocycles. The first-order valence-electron chi connectivity index (χ1n) is 6.71. The molecule has 0 aliphatic carbocycles. The molecule has 0 amide bonds. The highest BCUT2D eigenvalue weighted by Crippen LogP contribution is 2.34. The standard InChI is InChI=1S/C13H22N4/c1-16-7-5-15-13(16)4-6-17-11-2-3-12(17)9-10(14)8-11/h5,7,10-12H,2-4,6,8-9,14H2,1H3. The lowest BCUT2D eigenvalue weighted by molar-refractivity contribution is 0.128. The fraction of sp³-hybridized carbons (Fsp3) is 0.769. The van der Waals surface area contributed by atoms with Crippen LogP contribution in [0.5, 0.6) is 0 Å². The van der Waals surface area contributed by atoms with E-state index in [1.807, 2.05) is 12.4 Å². The second-order valence-corrected chi connectivity index (χ2v) is 5.56. The van der Waals surface area contributed by atoms with Gasteiger partial charge in [-0.3, -0.25) is 4.90 Å². The maximum atomic E-state index is 6.09. The summed E-state index contributed by atoms with van der Waals surface area (Å²) in [7, 11) is 2.07. The fourth-order valence-corrected chi connectivity index (χ4v) is 3.55. The van der Waals surface area contributed by atoms with E-state index in [9.17, 15) is 0 Å². The minimum Gasteiger partial charge on any atom is -0.338 e. The number of rotatable bonds is 3. The first-order chi connectivity index (χ1) is 8.24. The molecule has 2 bridgehead atoms. The Morgan fingerprint density at radius 1 is 1.35 bits per heavy atom. The van der Waals surface area contributed by atoms with Crippen LogP contribution in [-0.4, -0.2) is 39.1 Å². The van der Waals surface area contributed by atoms with Gasteiger partial charge in [-0.25, -0.2) is 4.98 Å². The van der Waals surface area contributed by atoms with E-state index in [1.165, 1.54) is 31.5 Å². The molecule has 2 atom stereocenters. The molecule has 4 nitrogen and oxygen atoms in total. The third-order valence-electron chi connectivity index (χ3n) is 4.44. The van der Waals surface area contributed by atoms with Crippen molar-refractivity contribution in [3.05, 3.63) is 18.2 Å². The number of fused-ring (bicyclic) bond motifs is 2. The molecule has 0 radical (unpaired) electrons. The van der Waals surface area contributed by atoms with Gasteiger partial charge in [-0.1, -0.05) is 0 Å². The van der Waals surface area contributed by atoms with E-state index < -0.39 is 0 Å². The largest absolute Gasteiger partial charge is 0.338 e. The molecule has 1 aromatic heterocycles. The zero-order valence-electron chi connectivity index (χ0n) is 10.5. The van der Waals surface area contributed by atoms with Crippen molar-refractivity contribution in [2.45, 2.75) is 50.2 Å². The number of piperidine rings is 1. The van der Waals surface area contributed by atoms with E-state index in [1.54, 1.807) is 0 Å². The van der Waals surface area contributed by atoms with Crippen molar-refractivity contribution in [1.82, 2.24) is 14.5 Å². The first kappa shape index (κ1) is 11.2. The summed E-state index contributed by atoms with van der Waals surface area (Å²) in [5.41, 5.74) is 6.09. The molecule has 0 spiro atoms. The maximum Gasteiger partial charge on any atom is 0.109 e. The highest BCUT2D eigenvalue weighted by molar-refractivity contribution is 4.99. The normalized spacial score (nSPS) is 33.2. The fourth-order valence-electron chi connectivity index (χ4n) is 3.55. The Morgan fingerprint density at radius 2 is 2.06 bits per heavy atom. The van der Waals surface area contributed by atoms with Gasteiger partial charge in [-0.2, -0.15) is 0 Å². The topological polar surface area (TPSA) is 47.1 Å². The molecule has 1 aromatic rings. The lowest BCUT2D eigenvalue weighted by Gasteiger charge is -2.37. The van der Waals surface area contributed by atoms with Crippen LogP contribution in [0.2, 0.25) is 0 Å². The van der Waals surface area contributed by atoms with Crippen LogP contribution in [0.1, 0.15) is 31.5 Å². The van der Waals surface area contributed by atoms with Crippen molar-refractivity contribution in [1.29, 1.82) is 0 Å². The van der Waals surface area contributed by atoms with Gasteiger partial charge >= 0.3 is 0 Å². The Morgan fingerprint density at radius 3 is 2.65 bits per heavy atom. The molecule has 2 aliphatic heterocycles. The van der Waals surface area contributed by atoms with Crippen molar-refractivity contribution >= 4 is 0 Å². The molecule has 2 fully saturated rings. The van der Waals surface area contributed by atoms with Gasteiger partial charge in [-0.05, 0) is 25.7 Å². The summed E-state index contributed by atoms with van der Waals surface area (Å²) in [5, 5.41) is 0. The summed E-state index contributed by atoms with van der Waals surface area (Å²) in [6.07, 6.45) is 10.0. The zero-order chi connectivity index (χ0) is 11.8. The highest BCUT2D eigenvalue weighted by Gasteiger charge is 2.39. The van der Waals surface area contributed by atoms with Crippen molar-refractivity contribution in [2.75, 3.05) is 6.54 Å². The second kappa shape index (κ2) is 4.42. The van der Waals surface area contributed by atoms with Gasteiger partial charge in [0.05, 0.1) is 0 Å². The van der Waals surface area contributed by atoms with Gasteiger partial charge in [0.1, 0.15) is 5.82 Å². The molecule has 2 unspecified atom stereocenters. The van der Waals surface area contributed by atoms with Crippen LogP contribution in [0.4, 0.5) is 0 Å². The summed E-state index contributed by atoms with van der Waals surface area (Å²) in [5.74, 6) is 1.19. The molecule has 3 rings (SSSR count). The predicted molar refractivity (Wildman–Crippen MR) is 67.6 cm³/mol. The monoisotopic (exact) mass is 234 g/mol. The minimum absolute atomic E-state index is 0.442. The van der Waals surface area contributed by atoms with Crippen LogP contribution >= 0.6 is 0 Å². The van der Waals surface area contributed by atoms with Gasteiger partial charge in [0.15, 0.2) is 0 Å². The SMILES string of the molecule is Cn1ccnc1CCN1C2CCC1CC(N)C2. The lowest BCUT2D eigenvalue weighted by Crippen LogP contribution is -2.48. The third-order valence-corrected chi connectivity index (χ3v) is 4.44. The van der Waals surface area contributed by atoms with E-state index >= 15 is 0 Å². The minimum atomic E-state index is 0.442. The molecule has 3 heterocycles. The Balaban J connectivity index is 1.61. The second-order valence-electron chi connectivity index (χ2n) is 5.56. The van der Waals surface area contributed by atoms with Crippen molar-refractivity contribution in [3.63, 3.8) is 0 Å². The van der Waals surface area contributed by atoms with Crippen LogP contribution < -0.4 is 5.73 Å². The molecule has 17 heavy (non-hydrogen) atoms. The van der Waals surface area contributed by atoms with Crippen LogP contribution in [0.3, 0.4) is 0 Å². The van der Waals surface area contributed by atoms with Gasteiger partial charge in [-0.15, -0.1) is 0 Å². The first-order valence-corrected chi connectivity index (χ1v) is 6.71. The summed E-state index contributed by atoms with van der Waals surface area (Å²) in [6, 6.07) is 1.92. The average Bonchev–Trinajstić information content (AvgIpc) is 2.79. The van der Waals surface area contributed by atoms with E-state index in [4.69, 9.17) is 5.73 Å². The summed E-state index contributed by atoms with van der Waals surface area (Å²) in [6.45, 7) is 1.15. The molecular weight excluding hydrogens is 212 g/mol. The van der Waals surface area contributed by atoms with Crippen molar-refractivity contribution in [2.24, 2.45) is 12.8 Å². The van der Waals surface area contributed by atoms with Crippen LogP contribution in [-0.2, 0) is 13.5 Å². The molecule has 0 aromatic carbocycles. The van der Waals surface area contributed by atoms with Crippen molar-refractivity contribution in [3.8, 4) is 0 Å². The number of nitrogens with two attached hydrogens (primary N) is 1. The lowest BCUT2D eigenvalue weighted by atomic mass is 9.98. The van der Waals surface area contributed by atoms with Gasteiger partial charge in [0.25, 0.3) is 0 Å². The smallest absolute Gasteiger partial charge is 0.109 e. The molecule has 4 heteroatoms. The Bertz CT molecular complexity index is 373. The van der Waals surface area contributed by atoms with E-state index in [-0.39, 0.29) is 0 Å². The van der Waals surface area contributed by atoms with Gasteiger partial charge in [0, 0.05) is 50.5 Å². The van der Waals surface area contributed by atoms with Crippen LogP contribution in [0.15, 0.2) is 12.4 Å². The molecule has 2 aliphatic rings. The van der Waals surface area contributed by atoms with Crippen molar-refractivity contribution < 1.29 is 0 Å². The molecule has 94 valence electrons. The Kier molecular flexibility index (Phi) is 2.92. The van der Waals surface area contributed by atoms with Crippen LogP contribution in [0, 0.1) is 0 Å². The Hall–Kier alpha value is -0.870. The summed E-state index contributed by atoms with van der Waals surface area (Å²) in [4.78, 5) is 7.08. The van der Waals surface area contributed by atoms with E-state index in [2.05, 4.69) is 21.5 Å². The zero-order valence-corrected chi connectivity index (χ0v) is 10.5. The van der Waals surface area contributed by atoms with Gasteiger partial charge in [0.2, 0.25) is 0 Å². The number of imidazole rings is 1. The molecule has 2 N–H and O–H groups in total. The van der Waals surface area contributed by atoms with Crippen LogP contribution in [0.25, 0.3) is 0 Å². The number of aromatic nitrogens is 2. The van der Waals surface area contributed by atoms with E-state index in [0.29, 0.717) is 6.04 Å². The summed E-state index contributed by atoms with van der Waals surface area (Å²) < 4.78 is 2.12. The average molecular weight is 234 g/mol. The number of hydrogen-bond donors (Lipinski definition) is 1. The predicted octanol–water partition coefficient (Wildman–Crippen LogP) is 0.917. The van der Waals surface area contributed by atoms with Gasteiger partial charge < -0.3 is 10.3 Å². The van der Waals surface area contributed by atoms with E-state index in [0.717, 1.165) is 25.0 Å². The molecular formula is C13H22N4. The number of nitrogens with zero attached hydrogens (tertiary/aromatic N) is 3. The number of aryl methyl sites for hydroxylation is 1. The molecule has 0 saturated carbocycles. The summed E-state index contributed by atoms with van der Waals surface area (Å²) >= 11 is 0. The number of hydrogen-bond acceptors (Lipinski definition) is 3. The highest BCUT2D eigenvalue weighted by atomic mass is 15.2. The third kappa shape index (κ3) is 2.11. The quantitative estimate of drug-likeness (QED) is 0.846. The Labute approximate surface area is 103 Å².